The fourth-order valence-electron chi connectivity index (χ4n) is 8.41. The topological polar surface area (TPSA) is 65.8 Å². The quantitative estimate of drug-likeness (QED) is 0.0313. The van der Waals surface area contributed by atoms with Crippen LogP contribution in [0.5, 0.6) is 0 Å². The monoisotopic (exact) mass is 987 g/mol. The Kier molecular flexibility index (Phi) is 43.8. The Balaban J connectivity index is 0.00000419. The zero-order valence-corrected chi connectivity index (χ0v) is 44.7. The number of aliphatic hydroxyl groups excluding tert-OH is 2. The van der Waals surface area contributed by atoms with Crippen LogP contribution in [0.2, 0.25) is 0 Å². The molecule has 0 aromatic heterocycles. The van der Waals surface area contributed by atoms with Crippen molar-refractivity contribution in [1.29, 1.82) is 0 Å². The van der Waals surface area contributed by atoms with Crippen molar-refractivity contribution in [3.63, 3.8) is 0 Å². The molecule has 372 valence electrons. The Morgan fingerprint density at radius 1 is 0.431 bits per heavy atom. The molecule has 0 fully saturated rings. The van der Waals surface area contributed by atoms with Gasteiger partial charge in [0, 0.05) is 56.8 Å². The van der Waals surface area contributed by atoms with Crippen LogP contribution in [0.15, 0.2) is 59.7 Å². The molecule has 0 spiro atoms. The van der Waals surface area contributed by atoms with Crippen molar-refractivity contribution in [3.05, 3.63) is 87.5 Å². The van der Waals surface area contributed by atoms with Gasteiger partial charge >= 0.3 is 0 Å². The number of aliphatic hydroxyl groups is 2. The van der Waals surface area contributed by atoms with E-state index in [4.69, 9.17) is 10.2 Å². The second-order valence-corrected chi connectivity index (χ2v) is 18.5. The number of hydrogen-bond donors (Lipinski definition) is 2. The van der Waals surface area contributed by atoms with Gasteiger partial charge in [-0.1, -0.05) is 232 Å². The van der Waals surface area contributed by atoms with Crippen LogP contribution in [0.3, 0.4) is 0 Å². The number of unbranched alkanes of at least 4 members (excludes halogenated alkanes) is 25. The minimum atomic E-state index is 0. The first-order valence-corrected chi connectivity index (χ1v) is 27.3. The summed E-state index contributed by atoms with van der Waals surface area (Å²) in [5.74, 6) is 7.29. The standard InChI is InChI=1S/C54H84N2.2C3H8O.Pd/c1-5-9-13-14-15-16-17-18-19-20-21-22-23-24-25-26-27-28-29-30-31-32-34-44-52-51(43-33-10-6-2)53(49-41-35-39-47(45-49)37-11-7-3)56(55)54(52)50-42-36-40-48(46-50)38-12-8-4;2*1-2-3-4;/h35-36,39-42,45-46H,5-33,37-38,43H2,1-4H3;2*4H,2-3H2,1H3;. The molecular weight excluding hydrogens is 887 g/mol. The van der Waals surface area contributed by atoms with Crippen molar-refractivity contribution in [2.75, 3.05) is 13.2 Å². The van der Waals surface area contributed by atoms with Gasteiger partial charge in [-0.25, -0.2) is 4.70 Å². The molecule has 2 aromatic rings. The zero-order valence-electron chi connectivity index (χ0n) is 43.2. The van der Waals surface area contributed by atoms with E-state index in [1.165, 1.54) is 188 Å². The van der Waals surface area contributed by atoms with Crippen LogP contribution in [0.1, 0.15) is 269 Å². The van der Waals surface area contributed by atoms with Gasteiger partial charge < -0.3 is 15.7 Å². The molecule has 0 bridgehead atoms. The van der Waals surface area contributed by atoms with Crippen LogP contribution >= 0.6 is 0 Å². The number of hydrogen-bond acceptors (Lipinski definition) is 2. The van der Waals surface area contributed by atoms with Crippen LogP contribution in [0, 0.1) is 11.8 Å². The first kappa shape index (κ1) is 62.7. The first-order chi connectivity index (χ1) is 31.5. The molecule has 3 rings (SSSR count). The number of benzene rings is 2. The second-order valence-electron chi connectivity index (χ2n) is 18.5. The molecule has 1 aliphatic rings. The maximum Gasteiger partial charge on any atom is 0.223 e. The summed E-state index contributed by atoms with van der Waals surface area (Å²) >= 11 is 0. The molecule has 0 radical (unpaired) electrons. The van der Waals surface area contributed by atoms with Gasteiger partial charge in [-0.05, 0) is 93.2 Å². The van der Waals surface area contributed by atoms with Gasteiger partial charge in [0.25, 0.3) is 0 Å². The van der Waals surface area contributed by atoms with Gasteiger partial charge in [-0.3, -0.25) is 0 Å². The van der Waals surface area contributed by atoms with Crippen LogP contribution < -0.4 is 0 Å². The van der Waals surface area contributed by atoms with E-state index in [1.54, 1.807) is 0 Å². The number of aryl methyl sites for hydroxylation is 2. The molecule has 5 heteroatoms. The van der Waals surface area contributed by atoms with Gasteiger partial charge in [0.15, 0.2) is 0 Å². The van der Waals surface area contributed by atoms with E-state index in [2.05, 4.69) is 88.1 Å². The Morgan fingerprint density at radius 2 is 0.785 bits per heavy atom. The largest absolute Gasteiger partial charge is 0.493 e. The van der Waals surface area contributed by atoms with Crippen molar-refractivity contribution >= 4 is 11.4 Å². The van der Waals surface area contributed by atoms with Crippen molar-refractivity contribution < 1.29 is 35.3 Å². The predicted molar refractivity (Wildman–Crippen MR) is 281 cm³/mol. The van der Waals surface area contributed by atoms with E-state index in [1.807, 2.05) is 13.8 Å². The summed E-state index contributed by atoms with van der Waals surface area (Å²) in [6.45, 7) is 13.6. The first-order valence-electron chi connectivity index (χ1n) is 27.3. The van der Waals surface area contributed by atoms with Crippen LogP contribution in [-0.4, -0.2) is 28.1 Å². The third kappa shape index (κ3) is 29.9. The third-order valence-electron chi connectivity index (χ3n) is 12.4. The average Bonchev–Trinajstić information content (AvgIpc) is 3.60. The summed E-state index contributed by atoms with van der Waals surface area (Å²) in [5.41, 5.74) is 21.0. The van der Waals surface area contributed by atoms with Gasteiger partial charge in [0.1, 0.15) is 5.57 Å². The zero-order chi connectivity index (χ0) is 46.7. The van der Waals surface area contributed by atoms with Gasteiger partial charge in [-0.15, -0.1) is 0 Å². The molecule has 0 saturated carbocycles. The summed E-state index contributed by atoms with van der Waals surface area (Å²) in [6, 6.07) is 17.7. The van der Waals surface area contributed by atoms with Gasteiger partial charge in [-0.2, -0.15) is 0 Å². The molecule has 0 amide bonds. The van der Waals surface area contributed by atoms with Crippen LogP contribution in [0.4, 0.5) is 0 Å². The number of allylic oxidation sites excluding steroid dienone is 2. The van der Waals surface area contributed by atoms with Gasteiger partial charge in [0.05, 0.1) is 0 Å². The SMILES string of the molecule is CCCCCCCCCCCCCCCCCCCCCCCC#CC1=C(c2cccc(CCCC)c2)[N+](=[N-])C(c2cccc(CCCC)c2)=C1CCCCC.CCCO.CCCO.[Pd]. The second kappa shape index (κ2) is 45.4. The molecule has 1 heterocycles. The Morgan fingerprint density at radius 3 is 1.17 bits per heavy atom. The molecule has 2 N–H and O–H groups in total. The van der Waals surface area contributed by atoms with Crippen LogP contribution in [0.25, 0.3) is 16.9 Å². The molecule has 0 saturated heterocycles. The molecule has 4 nitrogen and oxygen atoms in total. The van der Waals surface area contributed by atoms with E-state index in [0.29, 0.717) is 13.2 Å². The maximum atomic E-state index is 12.1. The van der Waals surface area contributed by atoms with E-state index in [0.717, 1.165) is 79.5 Å². The minimum Gasteiger partial charge on any atom is -0.493 e. The molecule has 65 heavy (non-hydrogen) atoms. The Bertz CT molecular complexity index is 1560. The number of nitrogens with zero attached hydrogens (tertiary/aromatic N) is 2. The molecule has 0 atom stereocenters. The fourth-order valence-corrected chi connectivity index (χ4v) is 8.41. The van der Waals surface area contributed by atoms with E-state index in [9.17, 15) is 5.53 Å². The average molecular weight is 988 g/mol. The smallest absolute Gasteiger partial charge is 0.223 e. The van der Waals surface area contributed by atoms with Crippen LogP contribution in [-0.2, 0) is 33.3 Å². The fraction of sp³-hybridized carbons (Fsp3) is 0.700. The Labute approximate surface area is 416 Å². The summed E-state index contributed by atoms with van der Waals surface area (Å²) in [7, 11) is 0. The molecule has 0 aliphatic carbocycles. The molecule has 0 unspecified atom stereocenters. The van der Waals surface area contributed by atoms with E-state index < -0.39 is 0 Å². The van der Waals surface area contributed by atoms with Crippen molar-refractivity contribution in [2.45, 2.75) is 260 Å². The normalized spacial score (nSPS) is 12.0. The van der Waals surface area contributed by atoms with E-state index >= 15 is 0 Å². The van der Waals surface area contributed by atoms with E-state index in [-0.39, 0.29) is 20.4 Å². The molecule has 2 aromatic carbocycles. The molecular formula is C60H100N2O2Pd. The van der Waals surface area contributed by atoms with Crippen molar-refractivity contribution in [3.8, 4) is 11.8 Å². The van der Waals surface area contributed by atoms with Crippen molar-refractivity contribution in [2.24, 2.45) is 0 Å². The number of rotatable bonds is 35. The minimum absolute atomic E-state index is 0. The molecule has 1 aliphatic heterocycles. The summed E-state index contributed by atoms with van der Waals surface area (Å²) in [4.78, 5) is 0. The summed E-state index contributed by atoms with van der Waals surface area (Å²) in [6.07, 6.45) is 43.4. The van der Waals surface area contributed by atoms with Gasteiger partial charge in [0.2, 0.25) is 11.4 Å². The summed E-state index contributed by atoms with van der Waals surface area (Å²) in [5, 5.41) is 15.8. The predicted octanol–water partition coefficient (Wildman–Crippen LogP) is 18.5. The summed E-state index contributed by atoms with van der Waals surface area (Å²) < 4.78 is 1.50. The maximum absolute atomic E-state index is 12.1. The van der Waals surface area contributed by atoms with Crippen molar-refractivity contribution in [1.82, 2.24) is 0 Å². The Hall–Kier alpha value is -2.34. The third-order valence-corrected chi connectivity index (χ3v) is 12.4.